The second-order valence-corrected chi connectivity index (χ2v) is 3.68. The summed E-state index contributed by atoms with van der Waals surface area (Å²) >= 11 is 0. The number of esters is 1. The molecule has 0 radical (unpaired) electrons. The van der Waals surface area contributed by atoms with E-state index in [0.29, 0.717) is 19.4 Å². The molecule has 0 spiro atoms. The van der Waals surface area contributed by atoms with E-state index < -0.39 is 5.54 Å². The minimum atomic E-state index is -0.734. The Labute approximate surface area is 103 Å². The van der Waals surface area contributed by atoms with Gasteiger partial charge in [-0.3, -0.25) is 4.79 Å². The zero-order valence-corrected chi connectivity index (χ0v) is 10.8. The molecule has 6 heteroatoms. The van der Waals surface area contributed by atoms with Gasteiger partial charge in [0, 0.05) is 13.1 Å². The van der Waals surface area contributed by atoms with Gasteiger partial charge in [0.05, 0.1) is 6.61 Å². The highest BCUT2D eigenvalue weighted by Gasteiger charge is 2.37. The number of carbonyl (C=O) groups excluding carboxylic acids is 1. The number of nitrogens with two attached hydrogens (primary N) is 1. The first-order valence-corrected chi connectivity index (χ1v) is 4.73. The molecular formula is C9H20Cl2N2O2. The van der Waals surface area contributed by atoms with Crippen LogP contribution in [0, 0.1) is 0 Å². The summed E-state index contributed by atoms with van der Waals surface area (Å²) in [7, 11) is 2.03. The van der Waals surface area contributed by atoms with Crippen LogP contribution >= 0.6 is 24.8 Å². The maximum absolute atomic E-state index is 11.5. The first-order chi connectivity index (χ1) is 6.08. The van der Waals surface area contributed by atoms with Crippen LogP contribution in [-0.2, 0) is 9.53 Å². The molecule has 0 unspecified atom stereocenters. The Balaban J connectivity index is 0. The van der Waals surface area contributed by atoms with Crippen molar-refractivity contribution in [3.8, 4) is 0 Å². The van der Waals surface area contributed by atoms with Gasteiger partial charge in [0.25, 0.3) is 0 Å². The fourth-order valence-corrected chi connectivity index (χ4v) is 1.50. The number of carbonyl (C=O) groups is 1. The molecule has 2 N–H and O–H groups in total. The first-order valence-electron chi connectivity index (χ1n) is 4.73. The first kappa shape index (κ1) is 17.4. The summed E-state index contributed by atoms with van der Waals surface area (Å²) in [5, 5.41) is 0. The predicted octanol–water partition coefficient (Wildman–Crippen LogP) is 0.816. The smallest absolute Gasteiger partial charge is 0.326 e. The molecule has 1 saturated heterocycles. The van der Waals surface area contributed by atoms with Gasteiger partial charge in [-0.15, -0.1) is 24.8 Å². The van der Waals surface area contributed by atoms with Crippen LogP contribution in [0.4, 0.5) is 0 Å². The molecule has 0 aromatic rings. The van der Waals surface area contributed by atoms with Gasteiger partial charge in [-0.05, 0) is 26.8 Å². The maximum atomic E-state index is 11.5. The third-order valence-corrected chi connectivity index (χ3v) is 2.56. The van der Waals surface area contributed by atoms with Crippen LogP contribution in [0.25, 0.3) is 0 Å². The van der Waals surface area contributed by atoms with E-state index in [4.69, 9.17) is 10.5 Å². The van der Waals surface area contributed by atoms with Crippen LogP contribution in [0.15, 0.2) is 0 Å². The summed E-state index contributed by atoms with van der Waals surface area (Å²) in [5.41, 5.74) is 5.22. The molecular weight excluding hydrogens is 239 g/mol. The maximum Gasteiger partial charge on any atom is 0.326 e. The lowest BCUT2D eigenvalue weighted by Gasteiger charge is -2.35. The van der Waals surface area contributed by atoms with Gasteiger partial charge in [0.15, 0.2) is 0 Å². The zero-order valence-electron chi connectivity index (χ0n) is 9.19. The molecule has 0 atom stereocenters. The van der Waals surface area contributed by atoms with Crippen molar-refractivity contribution >= 4 is 30.8 Å². The fraction of sp³-hybridized carbons (Fsp3) is 0.889. The predicted molar refractivity (Wildman–Crippen MR) is 64.8 cm³/mol. The van der Waals surface area contributed by atoms with Crippen molar-refractivity contribution in [1.82, 2.24) is 4.90 Å². The number of halogens is 2. The molecule has 0 aliphatic carbocycles. The minimum absolute atomic E-state index is 0. The van der Waals surface area contributed by atoms with E-state index in [1.165, 1.54) is 0 Å². The highest BCUT2D eigenvalue weighted by molar-refractivity contribution is 5.85. The molecule has 1 fully saturated rings. The van der Waals surface area contributed by atoms with Gasteiger partial charge < -0.3 is 15.4 Å². The Morgan fingerprint density at radius 1 is 1.40 bits per heavy atom. The third-order valence-electron chi connectivity index (χ3n) is 2.56. The van der Waals surface area contributed by atoms with E-state index >= 15 is 0 Å². The van der Waals surface area contributed by atoms with E-state index in [1.807, 2.05) is 7.05 Å². The van der Waals surface area contributed by atoms with Crippen LogP contribution < -0.4 is 5.73 Å². The molecule has 4 nitrogen and oxygen atoms in total. The Morgan fingerprint density at radius 3 is 2.27 bits per heavy atom. The zero-order chi connectivity index (χ0) is 9.90. The Kier molecular flexibility index (Phi) is 8.43. The van der Waals surface area contributed by atoms with E-state index in [1.54, 1.807) is 6.92 Å². The average Bonchev–Trinajstić information content (AvgIpc) is 2.11. The van der Waals surface area contributed by atoms with E-state index in [0.717, 1.165) is 13.1 Å². The quantitative estimate of drug-likeness (QED) is 0.746. The van der Waals surface area contributed by atoms with Crippen molar-refractivity contribution in [2.24, 2.45) is 5.73 Å². The minimum Gasteiger partial charge on any atom is -0.465 e. The largest absolute Gasteiger partial charge is 0.465 e. The molecule has 1 rings (SSSR count). The summed E-state index contributed by atoms with van der Waals surface area (Å²) in [5.74, 6) is -0.247. The number of hydrogen-bond acceptors (Lipinski definition) is 4. The van der Waals surface area contributed by atoms with Crippen molar-refractivity contribution in [3.05, 3.63) is 0 Å². The molecule has 0 saturated carbocycles. The summed E-state index contributed by atoms with van der Waals surface area (Å²) in [6.07, 6.45) is 1.39. The molecule has 1 aliphatic heterocycles. The van der Waals surface area contributed by atoms with E-state index in [-0.39, 0.29) is 30.8 Å². The number of nitrogens with zero attached hydrogens (tertiary/aromatic N) is 1. The molecule has 0 bridgehead atoms. The van der Waals surface area contributed by atoms with Crippen LogP contribution in [0.5, 0.6) is 0 Å². The lowest BCUT2D eigenvalue weighted by Crippen LogP contribution is -2.55. The molecule has 1 aliphatic rings. The Hall–Kier alpha value is -0.0300. The van der Waals surface area contributed by atoms with Crippen molar-refractivity contribution in [2.45, 2.75) is 25.3 Å². The lowest BCUT2D eigenvalue weighted by atomic mass is 9.89. The molecule has 0 aromatic heterocycles. The van der Waals surface area contributed by atoms with Crippen molar-refractivity contribution in [3.63, 3.8) is 0 Å². The Bertz CT molecular complexity index is 195. The monoisotopic (exact) mass is 258 g/mol. The van der Waals surface area contributed by atoms with Crippen molar-refractivity contribution in [2.75, 3.05) is 26.7 Å². The van der Waals surface area contributed by atoms with E-state index in [2.05, 4.69) is 4.90 Å². The van der Waals surface area contributed by atoms with Gasteiger partial charge in [-0.25, -0.2) is 0 Å². The summed E-state index contributed by atoms with van der Waals surface area (Å²) < 4.78 is 4.94. The van der Waals surface area contributed by atoms with Gasteiger partial charge in [0.1, 0.15) is 5.54 Å². The summed E-state index contributed by atoms with van der Waals surface area (Å²) in [6, 6.07) is 0. The van der Waals surface area contributed by atoms with E-state index in [9.17, 15) is 4.79 Å². The third kappa shape index (κ3) is 4.55. The van der Waals surface area contributed by atoms with Crippen molar-refractivity contribution in [1.29, 1.82) is 0 Å². The molecule has 92 valence electrons. The number of likely N-dealkylation sites (tertiary alicyclic amines) is 1. The highest BCUT2D eigenvalue weighted by atomic mass is 35.5. The summed E-state index contributed by atoms with van der Waals surface area (Å²) in [4.78, 5) is 13.6. The fourth-order valence-electron chi connectivity index (χ4n) is 1.50. The highest BCUT2D eigenvalue weighted by Crippen LogP contribution is 2.19. The Morgan fingerprint density at radius 2 is 1.87 bits per heavy atom. The number of hydrogen-bond donors (Lipinski definition) is 1. The summed E-state index contributed by atoms with van der Waals surface area (Å²) in [6.45, 7) is 3.95. The number of rotatable bonds is 2. The van der Waals surface area contributed by atoms with Crippen LogP contribution in [0.3, 0.4) is 0 Å². The SMILES string of the molecule is CCOC(=O)C1(N)CCN(C)CC1.Cl.Cl. The topological polar surface area (TPSA) is 55.6 Å². The molecule has 0 amide bonds. The van der Waals surface area contributed by atoms with Crippen molar-refractivity contribution < 1.29 is 9.53 Å². The van der Waals surface area contributed by atoms with Crippen LogP contribution in [0.1, 0.15) is 19.8 Å². The van der Waals surface area contributed by atoms with Gasteiger partial charge >= 0.3 is 5.97 Å². The molecule has 1 heterocycles. The number of piperidine rings is 1. The molecule has 0 aromatic carbocycles. The number of ether oxygens (including phenoxy) is 1. The normalized spacial score (nSPS) is 19.7. The van der Waals surface area contributed by atoms with Crippen LogP contribution in [-0.4, -0.2) is 43.2 Å². The standard InChI is InChI=1S/C9H18N2O2.2ClH/c1-3-13-8(12)9(10)4-6-11(2)7-5-9;;/h3-7,10H2,1-2H3;2*1H. The second-order valence-electron chi connectivity index (χ2n) is 3.68. The second kappa shape index (κ2) is 7.28. The van der Waals surface area contributed by atoms with Gasteiger partial charge in [0.2, 0.25) is 0 Å². The lowest BCUT2D eigenvalue weighted by molar-refractivity contribution is -0.151. The molecule has 15 heavy (non-hydrogen) atoms. The van der Waals surface area contributed by atoms with Crippen LogP contribution in [0.2, 0.25) is 0 Å². The van der Waals surface area contributed by atoms with Gasteiger partial charge in [-0.2, -0.15) is 0 Å². The van der Waals surface area contributed by atoms with Gasteiger partial charge in [-0.1, -0.05) is 0 Å². The average molecular weight is 259 g/mol.